The first kappa shape index (κ1) is 16.4. The molecule has 2 bridgehead atoms. The summed E-state index contributed by atoms with van der Waals surface area (Å²) < 4.78 is 28.8. The number of nitrogens with zero attached hydrogens (tertiary/aromatic N) is 1. The number of aromatic nitrogens is 1. The topological polar surface area (TPSA) is 45.4 Å². The molecule has 1 aromatic heterocycles. The van der Waals surface area contributed by atoms with Crippen molar-refractivity contribution in [2.24, 2.45) is 0 Å². The average Bonchev–Trinajstić information content (AvgIpc) is 2.98. The van der Waals surface area contributed by atoms with Crippen molar-refractivity contribution in [3.8, 4) is 17.4 Å². The zero-order valence-electron chi connectivity index (χ0n) is 15.1. The molecular formula is C24H15F2NO2. The maximum atomic E-state index is 13.8. The van der Waals surface area contributed by atoms with Crippen molar-refractivity contribution < 1.29 is 19.0 Å². The van der Waals surface area contributed by atoms with Gasteiger partial charge in [-0.05, 0) is 34.4 Å². The lowest BCUT2D eigenvalue weighted by atomic mass is 9.62. The summed E-state index contributed by atoms with van der Waals surface area (Å²) in [4.78, 5) is 0. The van der Waals surface area contributed by atoms with Crippen molar-refractivity contribution in [2.45, 2.75) is 11.8 Å². The van der Waals surface area contributed by atoms with E-state index in [1.807, 2.05) is 48.5 Å². The zero-order chi connectivity index (χ0) is 19.9. The van der Waals surface area contributed by atoms with Gasteiger partial charge in [0.2, 0.25) is 11.8 Å². The third-order valence-corrected chi connectivity index (χ3v) is 6.11. The Bertz CT molecular complexity index is 1180. The highest BCUT2D eigenvalue weighted by Crippen LogP contribution is 2.61. The Kier molecular flexibility index (Phi) is 3.09. The third kappa shape index (κ3) is 1.99. The van der Waals surface area contributed by atoms with Gasteiger partial charge in [0.15, 0.2) is 0 Å². The van der Waals surface area contributed by atoms with E-state index in [9.17, 15) is 19.0 Å². The molecule has 5 heteroatoms. The Morgan fingerprint density at radius 1 is 0.621 bits per heavy atom. The summed E-state index contributed by atoms with van der Waals surface area (Å²) in [5.41, 5.74) is 5.51. The van der Waals surface area contributed by atoms with Gasteiger partial charge in [-0.25, -0.2) is 8.78 Å². The molecule has 7 rings (SSSR count). The minimum Gasteiger partial charge on any atom is -0.494 e. The molecule has 0 aliphatic heterocycles. The fourth-order valence-corrected chi connectivity index (χ4v) is 5.09. The zero-order valence-corrected chi connectivity index (χ0v) is 15.1. The second kappa shape index (κ2) is 5.47. The maximum absolute atomic E-state index is 13.8. The van der Waals surface area contributed by atoms with Crippen LogP contribution >= 0.6 is 0 Å². The van der Waals surface area contributed by atoms with Crippen molar-refractivity contribution in [1.29, 1.82) is 0 Å². The van der Waals surface area contributed by atoms with Gasteiger partial charge in [-0.2, -0.15) is 0 Å². The van der Waals surface area contributed by atoms with Crippen LogP contribution in [0.3, 0.4) is 0 Å². The van der Waals surface area contributed by atoms with Crippen molar-refractivity contribution in [2.75, 3.05) is 0 Å². The van der Waals surface area contributed by atoms with Crippen LogP contribution in [-0.2, 0) is 0 Å². The van der Waals surface area contributed by atoms with Gasteiger partial charge < -0.3 is 10.2 Å². The van der Waals surface area contributed by atoms with Gasteiger partial charge in [-0.3, -0.25) is 4.57 Å². The monoisotopic (exact) mass is 387 g/mol. The Morgan fingerprint density at radius 3 is 1.38 bits per heavy atom. The summed E-state index contributed by atoms with van der Waals surface area (Å²) in [5.74, 6) is -2.45. The molecular weight excluding hydrogens is 372 g/mol. The summed E-state index contributed by atoms with van der Waals surface area (Å²) >= 11 is 0. The van der Waals surface area contributed by atoms with Crippen LogP contribution in [0.15, 0.2) is 66.7 Å². The summed E-state index contributed by atoms with van der Waals surface area (Å²) in [6.07, 6.45) is 0. The molecule has 0 amide bonds. The molecule has 4 aromatic rings. The quantitative estimate of drug-likeness (QED) is 0.410. The van der Waals surface area contributed by atoms with Crippen LogP contribution in [0.5, 0.6) is 11.8 Å². The van der Waals surface area contributed by atoms with Gasteiger partial charge in [-0.15, -0.1) is 0 Å². The summed E-state index contributed by atoms with van der Waals surface area (Å²) in [7, 11) is 0. The molecule has 0 spiro atoms. The minimum absolute atomic E-state index is 0.0411. The molecule has 0 atom stereocenters. The van der Waals surface area contributed by atoms with Crippen molar-refractivity contribution in [3.05, 3.63) is 112 Å². The van der Waals surface area contributed by atoms with Gasteiger partial charge >= 0.3 is 0 Å². The van der Waals surface area contributed by atoms with E-state index in [0.29, 0.717) is 11.1 Å². The van der Waals surface area contributed by atoms with Crippen molar-refractivity contribution in [3.63, 3.8) is 0 Å². The first-order chi connectivity index (χ1) is 14.1. The number of aromatic hydroxyl groups is 2. The van der Waals surface area contributed by atoms with Crippen LogP contribution in [0.2, 0.25) is 0 Å². The molecule has 0 unspecified atom stereocenters. The number of hydrogen-bond donors (Lipinski definition) is 2. The number of hydrogen-bond acceptors (Lipinski definition) is 2. The second-order valence-corrected chi connectivity index (χ2v) is 7.56. The Hall–Kier alpha value is -3.60. The van der Waals surface area contributed by atoms with Gasteiger partial charge in [0.25, 0.3) is 0 Å². The predicted octanol–water partition coefficient (Wildman–Crippen LogP) is 5.15. The first-order valence-corrected chi connectivity index (χ1v) is 9.36. The molecule has 3 aliphatic carbocycles. The van der Waals surface area contributed by atoms with E-state index < -0.39 is 11.6 Å². The summed E-state index contributed by atoms with van der Waals surface area (Å²) in [6, 6.07) is 18.9. The van der Waals surface area contributed by atoms with Crippen molar-refractivity contribution >= 4 is 0 Å². The first-order valence-electron chi connectivity index (χ1n) is 9.36. The van der Waals surface area contributed by atoms with Crippen LogP contribution in [0.25, 0.3) is 5.69 Å². The van der Waals surface area contributed by atoms with Crippen LogP contribution in [0.1, 0.15) is 45.2 Å². The predicted molar refractivity (Wildman–Crippen MR) is 104 cm³/mol. The highest BCUT2D eigenvalue weighted by molar-refractivity contribution is 5.73. The molecule has 142 valence electrons. The Labute approximate surface area is 165 Å². The molecule has 1 heterocycles. The van der Waals surface area contributed by atoms with Gasteiger partial charge in [0, 0.05) is 29.0 Å². The van der Waals surface area contributed by atoms with E-state index in [1.165, 1.54) is 0 Å². The normalized spacial score (nSPS) is 18.3. The molecule has 3 aliphatic rings. The molecule has 0 saturated heterocycles. The van der Waals surface area contributed by atoms with Crippen LogP contribution in [0, 0.1) is 11.6 Å². The molecule has 0 radical (unpaired) electrons. The SMILES string of the molecule is Oc1c2c(c(O)n1-c1cc(F)cc(F)c1)C1c3ccccc3C2c2ccccc21. The third-order valence-electron chi connectivity index (χ3n) is 6.11. The van der Waals surface area contributed by atoms with E-state index in [2.05, 4.69) is 0 Å². The van der Waals surface area contributed by atoms with Crippen LogP contribution in [-0.4, -0.2) is 14.8 Å². The molecule has 3 nitrogen and oxygen atoms in total. The van der Waals surface area contributed by atoms with E-state index in [0.717, 1.165) is 45.0 Å². The lowest BCUT2D eigenvalue weighted by molar-refractivity contribution is 0.398. The largest absolute Gasteiger partial charge is 0.494 e. The molecule has 29 heavy (non-hydrogen) atoms. The van der Waals surface area contributed by atoms with Crippen LogP contribution < -0.4 is 0 Å². The number of halogens is 2. The average molecular weight is 387 g/mol. The summed E-state index contributed by atoms with van der Waals surface area (Å²) in [5, 5.41) is 22.2. The van der Waals surface area contributed by atoms with E-state index >= 15 is 0 Å². The Morgan fingerprint density at radius 2 is 1.00 bits per heavy atom. The lowest BCUT2D eigenvalue weighted by Gasteiger charge is -2.40. The van der Waals surface area contributed by atoms with E-state index in [1.54, 1.807) is 0 Å². The van der Waals surface area contributed by atoms with Gasteiger partial charge in [-0.1, -0.05) is 48.5 Å². The molecule has 3 aromatic carbocycles. The minimum atomic E-state index is -0.778. The maximum Gasteiger partial charge on any atom is 0.203 e. The van der Waals surface area contributed by atoms with Crippen molar-refractivity contribution in [1.82, 2.24) is 4.57 Å². The standard InChI is InChI=1S/C24H15F2NO2/c25-12-9-13(26)11-14(10-12)27-23(28)21-19-15-5-1-2-6-16(15)20(22(21)24(27)29)18-8-4-3-7-17(18)19/h1-11,19-20,28-29H. The fourth-order valence-electron chi connectivity index (χ4n) is 5.09. The number of benzene rings is 3. The summed E-state index contributed by atoms with van der Waals surface area (Å²) in [6.45, 7) is 0. The molecule has 0 fully saturated rings. The van der Waals surface area contributed by atoms with Crippen LogP contribution in [0.4, 0.5) is 8.78 Å². The molecule has 2 N–H and O–H groups in total. The smallest absolute Gasteiger partial charge is 0.203 e. The second-order valence-electron chi connectivity index (χ2n) is 7.56. The fraction of sp³-hybridized carbons (Fsp3) is 0.0833. The highest BCUT2D eigenvalue weighted by Gasteiger charge is 2.46. The number of rotatable bonds is 1. The van der Waals surface area contributed by atoms with E-state index in [-0.39, 0.29) is 29.3 Å². The van der Waals surface area contributed by atoms with E-state index in [4.69, 9.17) is 0 Å². The van der Waals surface area contributed by atoms with Gasteiger partial charge in [0.05, 0.1) is 5.69 Å². The van der Waals surface area contributed by atoms with Gasteiger partial charge in [0.1, 0.15) is 11.6 Å². The lowest BCUT2D eigenvalue weighted by Crippen LogP contribution is -2.26. The Balaban J connectivity index is 1.70. The molecule has 0 saturated carbocycles. The highest BCUT2D eigenvalue weighted by atomic mass is 19.1.